The summed E-state index contributed by atoms with van der Waals surface area (Å²) >= 11 is 0. The van der Waals surface area contributed by atoms with E-state index in [-0.39, 0.29) is 11.1 Å². The Bertz CT molecular complexity index is 366. The molecule has 0 fully saturated rings. The first kappa shape index (κ1) is 10.8. The molecule has 14 heavy (non-hydrogen) atoms. The van der Waals surface area contributed by atoms with Crippen LogP contribution < -0.4 is 0 Å². The zero-order valence-corrected chi connectivity index (χ0v) is 7.77. The van der Waals surface area contributed by atoms with E-state index in [0.717, 1.165) is 25.1 Å². The first-order valence-corrected chi connectivity index (χ1v) is 4.01. The fourth-order valence-corrected chi connectivity index (χ4v) is 1.07. The van der Waals surface area contributed by atoms with Crippen molar-refractivity contribution in [3.05, 3.63) is 35.1 Å². The van der Waals surface area contributed by atoms with Crippen molar-refractivity contribution in [2.45, 2.75) is 19.8 Å². The van der Waals surface area contributed by atoms with E-state index in [4.69, 9.17) is 0 Å². The number of halogens is 3. The standard InChI is InChI=1S/C10H9F3O/c1-6(14)8-5-7(10(2,12)13)3-4-9(8)11/h3-5H,1-2H3. The first-order chi connectivity index (χ1) is 6.32. The monoisotopic (exact) mass is 202 g/mol. The molecular formula is C10H9F3O. The number of alkyl halides is 2. The molecule has 4 heteroatoms. The van der Waals surface area contributed by atoms with Crippen LogP contribution in [0.15, 0.2) is 18.2 Å². The van der Waals surface area contributed by atoms with Crippen LogP contribution in [0, 0.1) is 5.82 Å². The Morgan fingerprint density at radius 1 is 1.36 bits per heavy atom. The molecule has 0 aliphatic carbocycles. The molecule has 0 aromatic heterocycles. The lowest BCUT2D eigenvalue weighted by Gasteiger charge is -2.11. The van der Waals surface area contributed by atoms with Crippen LogP contribution in [0.25, 0.3) is 0 Å². The summed E-state index contributed by atoms with van der Waals surface area (Å²) in [7, 11) is 0. The maximum absolute atomic E-state index is 12.9. The summed E-state index contributed by atoms with van der Waals surface area (Å²) in [4.78, 5) is 10.9. The molecule has 0 spiro atoms. The van der Waals surface area contributed by atoms with E-state index in [1.165, 1.54) is 0 Å². The average molecular weight is 202 g/mol. The number of carbonyl (C=O) groups is 1. The van der Waals surface area contributed by atoms with Crippen molar-refractivity contribution in [1.82, 2.24) is 0 Å². The van der Waals surface area contributed by atoms with E-state index in [1.54, 1.807) is 0 Å². The minimum atomic E-state index is -3.06. The van der Waals surface area contributed by atoms with Crippen LogP contribution in [-0.4, -0.2) is 5.78 Å². The molecule has 1 nitrogen and oxygen atoms in total. The third-order valence-corrected chi connectivity index (χ3v) is 1.85. The van der Waals surface area contributed by atoms with Crippen LogP contribution in [0.3, 0.4) is 0 Å². The highest BCUT2D eigenvalue weighted by Crippen LogP contribution is 2.28. The van der Waals surface area contributed by atoms with Gasteiger partial charge in [-0.05, 0) is 19.1 Å². The number of carbonyl (C=O) groups excluding carboxylic acids is 1. The summed E-state index contributed by atoms with van der Waals surface area (Å²) in [6.45, 7) is 1.83. The lowest BCUT2D eigenvalue weighted by Crippen LogP contribution is -2.09. The molecule has 0 heterocycles. The van der Waals surface area contributed by atoms with Crippen molar-refractivity contribution < 1.29 is 18.0 Å². The molecule has 1 aromatic carbocycles. The van der Waals surface area contributed by atoms with Crippen LogP contribution in [0.4, 0.5) is 13.2 Å². The Balaban J connectivity index is 3.27. The van der Waals surface area contributed by atoms with Gasteiger partial charge in [-0.25, -0.2) is 13.2 Å². The van der Waals surface area contributed by atoms with Gasteiger partial charge in [-0.15, -0.1) is 0 Å². The Labute approximate surface area is 79.5 Å². The number of hydrogen-bond acceptors (Lipinski definition) is 1. The Kier molecular flexibility index (Phi) is 2.64. The molecule has 0 saturated heterocycles. The van der Waals surface area contributed by atoms with Gasteiger partial charge in [0.05, 0.1) is 5.56 Å². The van der Waals surface area contributed by atoms with Gasteiger partial charge in [0.15, 0.2) is 5.78 Å². The molecule has 0 bridgehead atoms. The highest BCUT2D eigenvalue weighted by atomic mass is 19.3. The number of ketones is 1. The van der Waals surface area contributed by atoms with Crippen LogP contribution in [0.5, 0.6) is 0 Å². The molecule has 0 amide bonds. The molecule has 0 radical (unpaired) electrons. The largest absolute Gasteiger partial charge is 0.294 e. The fraction of sp³-hybridized carbons (Fsp3) is 0.300. The van der Waals surface area contributed by atoms with Crippen molar-refractivity contribution in [2.24, 2.45) is 0 Å². The normalized spacial score (nSPS) is 11.5. The van der Waals surface area contributed by atoms with Crippen LogP contribution in [-0.2, 0) is 5.92 Å². The molecular weight excluding hydrogens is 193 g/mol. The summed E-state index contributed by atoms with van der Waals surface area (Å²) in [5, 5.41) is 0. The SMILES string of the molecule is CC(=O)c1cc(C(C)(F)F)ccc1F. The quantitative estimate of drug-likeness (QED) is 0.673. The lowest BCUT2D eigenvalue weighted by molar-refractivity contribution is 0.0174. The lowest BCUT2D eigenvalue weighted by atomic mass is 10.0. The van der Waals surface area contributed by atoms with Gasteiger partial charge in [0.25, 0.3) is 5.92 Å². The van der Waals surface area contributed by atoms with Gasteiger partial charge in [-0.1, -0.05) is 6.07 Å². The maximum atomic E-state index is 12.9. The van der Waals surface area contributed by atoms with E-state index in [0.29, 0.717) is 6.92 Å². The third kappa shape index (κ3) is 2.13. The zero-order chi connectivity index (χ0) is 10.9. The summed E-state index contributed by atoms with van der Waals surface area (Å²) in [5.41, 5.74) is -0.659. The predicted octanol–water partition coefficient (Wildman–Crippen LogP) is 3.14. The molecule has 0 N–H and O–H groups in total. The topological polar surface area (TPSA) is 17.1 Å². The Morgan fingerprint density at radius 2 is 1.93 bits per heavy atom. The minimum Gasteiger partial charge on any atom is -0.294 e. The smallest absolute Gasteiger partial charge is 0.270 e. The second-order valence-corrected chi connectivity index (χ2v) is 3.14. The maximum Gasteiger partial charge on any atom is 0.270 e. The van der Waals surface area contributed by atoms with Crippen molar-refractivity contribution in [1.29, 1.82) is 0 Å². The molecule has 0 unspecified atom stereocenters. The van der Waals surface area contributed by atoms with Gasteiger partial charge in [0, 0.05) is 12.5 Å². The summed E-state index contributed by atoms with van der Waals surface area (Å²) in [5.74, 6) is -4.39. The van der Waals surface area contributed by atoms with E-state index >= 15 is 0 Å². The molecule has 0 atom stereocenters. The van der Waals surface area contributed by atoms with Gasteiger partial charge in [0.2, 0.25) is 0 Å². The Hall–Kier alpha value is -1.32. The van der Waals surface area contributed by atoms with Crippen molar-refractivity contribution in [3.8, 4) is 0 Å². The molecule has 1 aromatic rings. The van der Waals surface area contributed by atoms with Crippen LogP contribution in [0.2, 0.25) is 0 Å². The number of hydrogen-bond donors (Lipinski definition) is 0. The van der Waals surface area contributed by atoms with E-state index < -0.39 is 17.5 Å². The molecule has 0 aliphatic rings. The van der Waals surface area contributed by atoms with Gasteiger partial charge >= 0.3 is 0 Å². The summed E-state index contributed by atoms with van der Waals surface area (Å²) in [6, 6.07) is 2.74. The second-order valence-electron chi connectivity index (χ2n) is 3.14. The molecule has 76 valence electrons. The fourth-order valence-electron chi connectivity index (χ4n) is 1.07. The average Bonchev–Trinajstić information content (AvgIpc) is 2.02. The number of Topliss-reactive ketones (excluding diaryl/α,β-unsaturated/α-hetero) is 1. The van der Waals surface area contributed by atoms with Gasteiger partial charge in [-0.2, -0.15) is 0 Å². The van der Waals surface area contributed by atoms with Crippen LogP contribution >= 0.6 is 0 Å². The highest BCUT2D eigenvalue weighted by molar-refractivity contribution is 5.94. The van der Waals surface area contributed by atoms with Gasteiger partial charge < -0.3 is 0 Å². The van der Waals surface area contributed by atoms with Gasteiger partial charge in [-0.3, -0.25) is 4.79 Å². The second kappa shape index (κ2) is 3.44. The highest BCUT2D eigenvalue weighted by Gasteiger charge is 2.25. The van der Waals surface area contributed by atoms with Crippen molar-refractivity contribution >= 4 is 5.78 Å². The van der Waals surface area contributed by atoms with Crippen molar-refractivity contribution in [3.63, 3.8) is 0 Å². The third-order valence-electron chi connectivity index (χ3n) is 1.85. The molecule has 1 rings (SSSR count). The minimum absolute atomic E-state index is 0.302. The molecule has 0 aliphatic heterocycles. The van der Waals surface area contributed by atoms with E-state index in [2.05, 4.69) is 0 Å². The Morgan fingerprint density at radius 3 is 2.36 bits per heavy atom. The number of rotatable bonds is 2. The van der Waals surface area contributed by atoms with Crippen LogP contribution in [0.1, 0.15) is 29.8 Å². The summed E-state index contributed by atoms with van der Waals surface area (Å²) < 4.78 is 38.5. The van der Waals surface area contributed by atoms with E-state index in [9.17, 15) is 18.0 Å². The van der Waals surface area contributed by atoms with Gasteiger partial charge in [0.1, 0.15) is 5.82 Å². The zero-order valence-electron chi connectivity index (χ0n) is 7.77. The summed E-state index contributed by atoms with van der Waals surface area (Å²) in [6.07, 6.45) is 0. The van der Waals surface area contributed by atoms with Crippen molar-refractivity contribution in [2.75, 3.05) is 0 Å². The predicted molar refractivity (Wildman–Crippen MR) is 46.0 cm³/mol. The molecule has 0 saturated carbocycles. The first-order valence-electron chi connectivity index (χ1n) is 4.01. The number of benzene rings is 1. The van der Waals surface area contributed by atoms with E-state index in [1.807, 2.05) is 0 Å².